The highest BCUT2D eigenvalue weighted by atomic mass is 16.5. The number of carbonyl (C=O) groups excluding carboxylic acids is 1. The summed E-state index contributed by atoms with van der Waals surface area (Å²) < 4.78 is 5.54. The fraction of sp³-hybridized carbons (Fsp3) is 0.682. The van der Waals surface area contributed by atoms with Crippen LogP contribution in [0.25, 0.3) is 0 Å². The van der Waals surface area contributed by atoms with Crippen LogP contribution in [-0.4, -0.2) is 65.8 Å². The summed E-state index contributed by atoms with van der Waals surface area (Å²) in [6.07, 6.45) is 11.4. The lowest BCUT2D eigenvalue weighted by Crippen LogP contribution is -2.56. The number of nitrogens with two attached hydrogens (primary N) is 2. The average molecular weight is 433 g/mol. The highest BCUT2D eigenvalue weighted by Crippen LogP contribution is 2.39. The number of ether oxygens (including phenoxy) is 1. The Hall–Kier alpha value is -2.55. The van der Waals surface area contributed by atoms with Crippen LogP contribution in [0.4, 0.5) is 0 Å². The van der Waals surface area contributed by atoms with Crippen molar-refractivity contribution in [3.8, 4) is 0 Å². The summed E-state index contributed by atoms with van der Waals surface area (Å²) in [6.45, 7) is 3.08. The number of esters is 1. The molecule has 0 spiro atoms. The Bertz CT molecular complexity index is 756. The molecule has 0 saturated carbocycles. The van der Waals surface area contributed by atoms with Crippen LogP contribution in [0.15, 0.2) is 33.4 Å². The van der Waals surface area contributed by atoms with Crippen molar-refractivity contribution in [2.24, 2.45) is 21.5 Å². The summed E-state index contributed by atoms with van der Waals surface area (Å²) in [5.74, 6) is 0.708. The SMILES string of the molecule is CC1N=C2N[C@H](C/C=C\CCCO)C[C@@H]3CCC(=C1C(=O)OCCCCN=C(N)N)N23. The van der Waals surface area contributed by atoms with Crippen LogP contribution in [0, 0.1) is 0 Å². The Labute approximate surface area is 184 Å². The first-order valence-electron chi connectivity index (χ1n) is 11.4. The van der Waals surface area contributed by atoms with Gasteiger partial charge in [-0.25, -0.2) is 9.79 Å². The molecule has 3 rings (SSSR count). The first kappa shape index (κ1) is 23.1. The lowest BCUT2D eigenvalue weighted by Gasteiger charge is -2.42. The summed E-state index contributed by atoms with van der Waals surface area (Å²) in [6, 6.07) is 0.497. The van der Waals surface area contributed by atoms with Crippen molar-refractivity contribution in [3.05, 3.63) is 23.4 Å². The number of hydrogen-bond donors (Lipinski definition) is 4. The van der Waals surface area contributed by atoms with Gasteiger partial charge in [0.25, 0.3) is 0 Å². The minimum absolute atomic E-state index is 0.0829. The molecule has 9 heteroatoms. The van der Waals surface area contributed by atoms with Crippen LogP contribution in [0.2, 0.25) is 0 Å². The van der Waals surface area contributed by atoms with Crippen molar-refractivity contribution < 1.29 is 14.6 Å². The molecule has 1 unspecified atom stereocenters. The van der Waals surface area contributed by atoms with Crippen LogP contribution in [0.5, 0.6) is 0 Å². The number of hydrogen-bond acceptors (Lipinski definition) is 7. The van der Waals surface area contributed by atoms with Crippen molar-refractivity contribution in [2.75, 3.05) is 19.8 Å². The molecular weight excluding hydrogens is 396 g/mol. The second kappa shape index (κ2) is 11.2. The Morgan fingerprint density at radius 3 is 2.97 bits per heavy atom. The van der Waals surface area contributed by atoms with Gasteiger partial charge in [-0.1, -0.05) is 12.2 Å². The Balaban J connectivity index is 1.55. The van der Waals surface area contributed by atoms with Gasteiger partial charge in [-0.2, -0.15) is 0 Å². The first-order valence-corrected chi connectivity index (χ1v) is 11.4. The molecule has 3 heterocycles. The Morgan fingerprint density at radius 2 is 2.19 bits per heavy atom. The maximum atomic E-state index is 12.8. The summed E-state index contributed by atoms with van der Waals surface area (Å²) in [5, 5.41) is 12.5. The number of aliphatic hydroxyl groups excluding tert-OH is 1. The van der Waals surface area contributed by atoms with Gasteiger partial charge in [0, 0.05) is 30.9 Å². The van der Waals surface area contributed by atoms with E-state index in [0.29, 0.717) is 30.8 Å². The van der Waals surface area contributed by atoms with Gasteiger partial charge >= 0.3 is 5.97 Å². The van der Waals surface area contributed by atoms with Gasteiger partial charge in [-0.05, 0) is 58.3 Å². The molecule has 9 nitrogen and oxygen atoms in total. The zero-order valence-electron chi connectivity index (χ0n) is 18.4. The van der Waals surface area contributed by atoms with Crippen molar-refractivity contribution >= 4 is 17.9 Å². The number of aliphatic imine (C=N–C) groups is 2. The topological polar surface area (TPSA) is 139 Å². The van der Waals surface area contributed by atoms with Crippen molar-refractivity contribution in [2.45, 2.75) is 76.4 Å². The fourth-order valence-electron chi connectivity index (χ4n) is 4.49. The third-order valence-corrected chi connectivity index (χ3v) is 5.95. The number of aliphatic hydroxyl groups is 1. The normalized spacial score (nSPS) is 24.6. The van der Waals surface area contributed by atoms with E-state index in [1.54, 1.807) is 0 Å². The quantitative estimate of drug-likeness (QED) is 0.126. The number of allylic oxidation sites excluding steroid dienone is 2. The molecule has 0 aromatic carbocycles. The molecule has 3 aliphatic rings. The molecule has 0 aromatic heterocycles. The second-order valence-electron chi connectivity index (χ2n) is 8.35. The fourth-order valence-corrected chi connectivity index (χ4v) is 4.49. The molecule has 0 aliphatic carbocycles. The first-order chi connectivity index (χ1) is 15.0. The number of carbonyl (C=O) groups is 1. The largest absolute Gasteiger partial charge is 0.462 e. The summed E-state index contributed by atoms with van der Waals surface area (Å²) >= 11 is 0. The Morgan fingerprint density at radius 1 is 1.35 bits per heavy atom. The molecule has 172 valence electrons. The number of guanidine groups is 2. The van der Waals surface area contributed by atoms with E-state index in [9.17, 15) is 4.79 Å². The highest BCUT2D eigenvalue weighted by Gasteiger charge is 2.43. The molecule has 2 saturated heterocycles. The van der Waals surface area contributed by atoms with Crippen LogP contribution in [0.1, 0.15) is 58.3 Å². The van der Waals surface area contributed by atoms with Gasteiger partial charge in [-0.15, -0.1) is 0 Å². The minimum Gasteiger partial charge on any atom is -0.462 e. The molecule has 0 bridgehead atoms. The molecule has 31 heavy (non-hydrogen) atoms. The van der Waals surface area contributed by atoms with Crippen molar-refractivity contribution in [1.82, 2.24) is 10.2 Å². The third-order valence-electron chi connectivity index (χ3n) is 5.95. The average Bonchev–Trinajstić information content (AvgIpc) is 3.14. The number of unbranched alkanes of at least 4 members (excludes halogenated alkanes) is 2. The van der Waals surface area contributed by atoms with E-state index in [-0.39, 0.29) is 24.6 Å². The molecule has 0 amide bonds. The second-order valence-corrected chi connectivity index (χ2v) is 8.35. The third kappa shape index (κ3) is 6.00. The van der Waals surface area contributed by atoms with Crippen LogP contribution < -0.4 is 16.8 Å². The van der Waals surface area contributed by atoms with E-state index in [2.05, 4.69) is 27.4 Å². The van der Waals surface area contributed by atoms with Crippen molar-refractivity contribution in [1.29, 1.82) is 0 Å². The van der Waals surface area contributed by atoms with Gasteiger partial charge < -0.3 is 31.5 Å². The maximum absolute atomic E-state index is 12.8. The predicted molar refractivity (Wildman–Crippen MR) is 121 cm³/mol. The zero-order valence-corrected chi connectivity index (χ0v) is 18.4. The minimum atomic E-state index is -0.262. The number of rotatable bonds is 11. The van der Waals surface area contributed by atoms with E-state index in [0.717, 1.165) is 63.0 Å². The predicted octanol–water partition coefficient (Wildman–Crippen LogP) is 1.14. The maximum Gasteiger partial charge on any atom is 0.337 e. The standard InChI is InChI=1S/C22H36N6O3/c1-15-19(20(30)31-13-7-5-11-25-21(23)24)18-10-9-17-14-16(8-4-2-3-6-12-29)27-22(26-15)28(17)18/h2,4,15-17,29H,3,5-14H2,1H3,(H,26,27)(H4,23,24,25)/b4-2-/t15?,16-,17+/m1/s1. The van der Waals surface area contributed by atoms with Gasteiger partial charge in [-0.3, -0.25) is 4.99 Å². The van der Waals surface area contributed by atoms with E-state index in [1.165, 1.54) is 0 Å². The molecule has 2 fully saturated rings. The summed E-state index contributed by atoms with van der Waals surface area (Å²) in [4.78, 5) is 23.8. The van der Waals surface area contributed by atoms with E-state index >= 15 is 0 Å². The van der Waals surface area contributed by atoms with Gasteiger partial charge in [0.2, 0.25) is 0 Å². The van der Waals surface area contributed by atoms with Crippen LogP contribution in [-0.2, 0) is 9.53 Å². The molecule has 0 radical (unpaired) electrons. The number of nitrogens with one attached hydrogen (secondary N) is 1. The molecule has 3 aliphatic heterocycles. The number of nitrogens with zero attached hydrogens (tertiary/aromatic N) is 3. The van der Waals surface area contributed by atoms with Gasteiger partial charge in [0.1, 0.15) is 0 Å². The Kier molecular flexibility index (Phi) is 8.34. The lowest BCUT2D eigenvalue weighted by molar-refractivity contribution is -0.139. The van der Waals surface area contributed by atoms with E-state index in [1.807, 2.05) is 6.92 Å². The summed E-state index contributed by atoms with van der Waals surface area (Å²) in [5.41, 5.74) is 12.4. The smallest absolute Gasteiger partial charge is 0.337 e. The van der Waals surface area contributed by atoms with Crippen LogP contribution in [0.3, 0.4) is 0 Å². The van der Waals surface area contributed by atoms with Gasteiger partial charge in [0.05, 0.1) is 18.2 Å². The highest BCUT2D eigenvalue weighted by molar-refractivity contribution is 5.95. The molecular formula is C22H36N6O3. The van der Waals surface area contributed by atoms with Gasteiger partial charge in [0.15, 0.2) is 11.9 Å². The molecule has 6 N–H and O–H groups in total. The van der Waals surface area contributed by atoms with E-state index < -0.39 is 0 Å². The van der Waals surface area contributed by atoms with Crippen LogP contribution >= 0.6 is 0 Å². The monoisotopic (exact) mass is 432 g/mol. The summed E-state index contributed by atoms with van der Waals surface area (Å²) in [7, 11) is 0. The van der Waals surface area contributed by atoms with E-state index in [4.69, 9.17) is 26.3 Å². The molecule has 3 atom stereocenters. The lowest BCUT2D eigenvalue weighted by atomic mass is 9.99. The molecule has 0 aromatic rings. The zero-order chi connectivity index (χ0) is 22.2. The van der Waals surface area contributed by atoms with Crippen molar-refractivity contribution in [3.63, 3.8) is 0 Å².